The Kier molecular flexibility index (Phi) is 1.93. The summed E-state index contributed by atoms with van der Waals surface area (Å²) in [6.07, 6.45) is 0.666. The van der Waals surface area contributed by atoms with Crippen molar-refractivity contribution in [2.24, 2.45) is 7.05 Å². The quantitative estimate of drug-likeness (QED) is 0.722. The Morgan fingerprint density at radius 2 is 2.21 bits per heavy atom. The number of hydrogen-bond acceptors (Lipinski definition) is 2. The summed E-state index contributed by atoms with van der Waals surface area (Å²) in [5, 5.41) is 0.342. The van der Waals surface area contributed by atoms with Crippen LogP contribution in [0.15, 0.2) is 16.9 Å². The number of imidazole rings is 1. The molecule has 0 aliphatic rings. The zero-order valence-electron chi connectivity index (χ0n) is 7.37. The van der Waals surface area contributed by atoms with E-state index in [1.54, 1.807) is 19.2 Å². The van der Waals surface area contributed by atoms with Gasteiger partial charge in [0, 0.05) is 12.6 Å². The van der Waals surface area contributed by atoms with Gasteiger partial charge in [-0.05, 0) is 12.1 Å². The second-order valence-corrected chi connectivity index (χ2v) is 3.41. The third-order valence-corrected chi connectivity index (χ3v) is 2.48. The van der Waals surface area contributed by atoms with E-state index in [1.807, 2.05) is 0 Å². The number of fused-ring (bicyclic) bond motifs is 1. The van der Waals surface area contributed by atoms with Gasteiger partial charge >= 0.3 is 5.69 Å². The molecular weight excluding hydrogens is 204 g/mol. The lowest BCUT2D eigenvalue weighted by atomic mass is 10.2. The number of rotatable bonds is 1. The Morgan fingerprint density at radius 3 is 2.86 bits per heavy atom. The summed E-state index contributed by atoms with van der Waals surface area (Å²) in [6.45, 7) is 0. The summed E-state index contributed by atoms with van der Waals surface area (Å²) >= 11 is 5.80. The van der Waals surface area contributed by atoms with Gasteiger partial charge in [0.25, 0.3) is 0 Å². The highest BCUT2D eigenvalue weighted by Gasteiger charge is 2.07. The number of carbonyl (C=O) groups excluding carboxylic acids is 1. The monoisotopic (exact) mass is 210 g/mol. The third kappa shape index (κ3) is 1.15. The molecule has 0 fully saturated rings. The number of aldehydes is 1. The Bertz CT molecular complexity index is 568. The Balaban J connectivity index is 2.93. The molecule has 0 aliphatic carbocycles. The van der Waals surface area contributed by atoms with E-state index in [2.05, 4.69) is 4.98 Å². The second-order valence-electron chi connectivity index (χ2n) is 3.00. The molecule has 2 aromatic rings. The van der Waals surface area contributed by atoms with Crippen LogP contribution in [0.4, 0.5) is 0 Å². The Hall–Kier alpha value is -1.55. The minimum absolute atomic E-state index is 0.223. The van der Waals surface area contributed by atoms with Crippen LogP contribution in [0.2, 0.25) is 5.02 Å². The first-order valence-electron chi connectivity index (χ1n) is 3.97. The van der Waals surface area contributed by atoms with E-state index in [0.29, 0.717) is 27.9 Å². The van der Waals surface area contributed by atoms with Gasteiger partial charge in [0.15, 0.2) is 6.29 Å². The van der Waals surface area contributed by atoms with Crippen LogP contribution in [0.3, 0.4) is 0 Å². The van der Waals surface area contributed by atoms with Crippen LogP contribution in [-0.4, -0.2) is 15.8 Å². The molecule has 0 aliphatic heterocycles. The van der Waals surface area contributed by atoms with E-state index in [4.69, 9.17) is 11.6 Å². The van der Waals surface area contributed by atoms with Crippen molar-refractivity contribution in [2.45, 2.75) is 0 Å². The first-order chi connectivity index (χ1) is 6.63. The normalized spacial score (nSPS) is 10.7. The minimum atomic E-state index is -0.223. The molecule has 72 valence electrons. The molecule has 1 aromatic carbocycles. The van der Waals surface area contributed by atoms with Gasteiger partial charge < -0.3 is 4.98 Å². The minimum Gasteiger partial charge on any atom is -0.305 e. The van der Waals surface area contributed by atoms with Crippen molar-refractivity contribution in [2.75, 3.05) is 0 Å². The van der Waals surface area contributed by atoms with Crippen molar-refractivity contribution in [3.63, 3.8) is 0 Å². The van der Waals surface area contributed by atoms with Crippen molar-refractivity contribution in [1.82, 2.24) is 9.55 Å². The summed E-state index contributed by atoms with van der Waals surface area (Å²) in [7, 11) is 1.63. The number of nitrogens with one attached hydrogen (secondary N) is 1. The molecule has 0 spiro atoms. The zero-order chi connectivity index (χ0) is 10.3. The molecule has 0 saturated heterocycles. The molecule has 1 aromatic heterocycles. The maximum Gasteiger partial charge on any atom is 0.326 e. The predicted octanol–water partition coefficient (Wildman–Crippen LogP) is 1.33. The topological polar surface area (TPSA) is 54.9 Å². The van der Waals surface area contributed by atoms with Crippen molar-refractivity contribution in [1.29, 1.82) is 0 Å². The van der Waals surface area contributed by atoms with Gasteiger partial charge in [-0.15, -0.1) is 0 Å². The van der Waals surface area contributed by atoms with E-state index < -0.39 is 0 Å². The number of nitrogens with zero attached hydrogens (tertiary/aromatic N) is 1. The summed E-state index contributed by atoms with van der Waals surface area (Å²) in [5.74, 6) is 0. The number of H-pyrrole nitrogens is 1. The van der Waals surface area contributed by atoms with Gasteiger partial charge in [-0.2, -0.15) is 0 Å². The number of hydrogen-bond donors (Lipinski definition) is 1. The number of aromatic amines is 1. The molecule has 0 radical (unpaired) electrons. The van der Waals surface area contributed by atoms with E-state index in [9.17, 15) is 9.59 Å². The van der Waals surface area contributed by atoms with Crippen molar-refractivity contribution < 1.29 is 4.79 Å². The first-order valence-corrected chi connectivity index (χ1v) is 4.34. The lowest BCUT2D eigenvalue weighted by Gasteiger charge is -1.97. The van der Waals surface area contributed by atoms with Crippen LogP contribution in [0.5, 0.6) is 0 Å². The smallest absolute Gasteiger partial charge is 0.305 e. The van der Waals surface area contributed by atoms with Crippen LogP contribution in [-0.2, 0) is 7.05 Å². The van der Waals surface area contributed by atoms with Gasteiger partial charge in [0.1, 0.15) is 0 Å². The third-order valence-electron chi connectivity index (χ3n) is 2.15. The molecule has 0 atom stereocenters. The maximum atomic E-state index is 11.2. The van der Waals surface area contributed by atoms with E-state index >= 15 is 0 Å². The molecule has 0 saturated carbocycles. The Labute approximate surface area is 84.1 Å². The highest BCUT2D eigenvalue weighted by molar-refractivity contribution is 6.33. The summed E-state index contributed by atoms with van der Waals surface area (Å²) < 4.78 is 1.43. The van der Waals surface area contributed by atoms with Gasteiger partial charge in [0.2, 0.25) is 0 Å². The molecule has 0 unspecified atom stereocenters. The molecule has 0 bridgehead atoms. The zero-order valence-corrected chi connectivity index (χ0v) is 8.13. The fourth-order valence-electron chi connectivity index (χ4n) is 1.35. The summed E-state index contributed by atoms with van der Waals surface area (Å²) in [5.41, 5.74) is 1.46. The predicted molar refractivity (Wildman–Crippen MR) is 53.9 cm³/mol. The van der Waals surface area contributed by atoms with Gasteiger partial charge in [-0.25, -0.2) is 4.79 Å². The molecular formula is C9H7ClN2O2. The van der Waals surface area contributed by atoms with E-state index in [-0.39, 0.29) is 5.69 Å². The number of benzene rings is 1. The first kappa shape index (κ1) is 9.02. The highest BCUT2D eigenvalue weighted by Crippen LogP contribution is 2.20. The molecule has 2 rings (SSSR count). The SMILES string of the molecule is Cn1c(=O)[nH]c2cc(Cl)c(C=O)cc21. The van der Waals surface area contributed by atoms with Crippen LogP contribution in [0.25, 0.3) is 11.0 Å². The average molecular weight is 211 g/mol. The molecule has 14 heavy (non-hydrogen) atoms. The molecule has 4 nitrogen and oxygen atoms in total. The van der Waals surface area contributed by atoms with Crippen LogP contribution in [0, 0.1) is 0 Å². The molecule has 1 heterocycles. The number of carbonyl (C=O) groups is 1. The number of halogens is 1. The van der Waals surface area contributed by atoms with Crippen LogP contribution >= 0.6 is 11.6 Å². The molecule has 1 N–H and O–H groups in total. The number of aryl methyl sites for hydroxylation is 1. The maximum absolute atomic E-state index is 11.2. The van der Waals surface area contributed by atoms with Crippen molar-refractivity contribution in [3.8, 4) is 0 Å². The standard InChI is InChI=1S/C9H7ClN2O2/c1-12-8-2-5(4-13)6(10)3-7(8)11-9(12)14/h2-4H,1H3,(H,11,14). The summed E-state index contributed by atoms with van der Waals surface area (Å²) in [4.78, 5) is 24.5. The summed E-state index contributed by atoms with van der Waals surface area (Å²) in [6, 6.07) is 3.16. The van der Waals surface area contributed by atoms with E-state index in [0.717, 1.165) is 0 Å². The highest BCUT2D eigenvalue weighted by atomic mass is 35.5. The van der Waals surface area contributed by atoms with Gasteiger partial charge in [0.05, 0.1) is 16.1 Å². The second kappa shape index (κ2) is 2.99. The largest absolute Gasteiger partial charge is 0.326 e. The lowest BCUT2D eigenvalue weighted by Crippen LogP contribution is -2.11. The number of aromatic nitrogens is 2. The fraction of sp³-hybridized carbons (Fsp3) is 0.111. The Morgan fingerprint density at radius 1 is 1.50 bits per heavy atom. The van der Waals surface area contributed by atoms with Gasteiger partial charge in [-0.3, -0.25) is 9.36 Å². The fourth-order valence-corrected chi connectivity index (χ4v) is 1.56. The van der Waals surface area contributed by atoms with Crippen molar-refractivity contribution in [3.05, 3.63) is 33.2 Å². The van der Waals surface area contributed by atoms with Gasteiger partial charge in [-0.1, -0.05) is 11.6 Å². The van der Waals surface area contributed by atoms with Crippen LogP contribution in [0.1, 0.15) is 10.4 Å². The van der Waals surface area contributed by atoms with E-state index in [1.165, 1.54) is 4.57 Å². The lowest BCUT2D eigenvalue weighted by molar-refractivity contribution is 0.112. The average Bonchev–Trinajstić information content (AvgIpc) is 2.41. The molecule has 5 heteroatoms. The van der Waals surface area contributed by atoms with Crippen LogP contribution < -0.4 is 5.69 Å². The van der Waals surface area contributed by atoms with Crippen molar-refractivity contribution >= 4 is 28.9 Å². The molecule has 0 amide bonds.